The van der Waals surface area contributed by atoms with Crippen LogP contribution in [0.3, 0.4) is 0 Å². The van der Waals surface area contributed by atoms with Gasteiger partial charge in [-0.3, -0.25) is 0 Å². The van der Waals surface area contributed by atoms with Crippen LogP contribution in [0.25, 0.3) is 0 Å². The fourth-order valence-electron chi connectivity index (χ4n) is 4.32. The Morgan fingerprint density at radius 1 is 1.33 bits per heavy atom. The van der Waals surface area contributed by atoms with Crippen molar-refractivity contribution < 1.29 is 20.1 Å². The van der Waals surface area contributed by atoms with Crippen LogP contribution in [0.1, 0.15) is 32.6 Å². The number of carboxylic acids is 1. The predicted molar refractivity (Wildman–Crippen MR) is 66.9 cm³/mol. The Balaban J connectivity index is 0.000000209. The molecule has 3 N–H and O–H groups in total. The minimum absolute atomic E-state index is 0.135. The number of hydrogen-bond acceptors (Lipinski definition) is 3. The average Bonchev–Trinajstić information content (AvgIpc) is 2.31. The number of aliphatic hydroxyl groups is 2. The molecule has 0 aromatic heterocycles. The summed E-state index contributed by atoms with van der Waals surface area (Å²) in [6.45, 7) is 5.16. The molecule has 4 saturated carbocycles. The van der Waals surface area contributed by atoms with E-state index in [4.69, 9.17) is 5.11 Å². The second kappa shape index (κ2) is 4.67. The van der Waals surface area contributed by atoms with E-state index in [1.165, 1.54) is 12.8 Å². The number of carboxylic acid groups (broad SMARTS) is 1. The van der Waals surface area contributed by atoms with E-state index >= 15 is 0 Å². The maximum absolute atomic E-state index is 10.1. The highest BCUT2D eigenvalue weighted by atomic mass is 16.4. The van der Waals surface area contributed by atoms with Crippen molar-refractivity contribution in [3.63, 3.8) is 0 Å². The van der Waals surface area contributed by atoms with Gasteiger partial charge in [-0.25, -0.2) is 4.79 Å². The van der Waals surface area contributed by atoms with Gasteiger partial charge in [-0.2, -0.15) is 0 Å². The first-order chi connectivity index (χ1) is 8.37. The van der Waals surface area contributed by atoms with Gasteiger partial charge in [0.25, 0.3) is 0 Å². The van der Waals surface area contributed by atoms with Crippen LogP contribution < -0.4 is 0 Å². The van der Waals surface area contributed by atoms with E-state index in [0.29, 0.717) is 5.92 Å². The summed E-state index contributed by atoms with van der Waals surface area (Å²) < 4.78 is 0. The molecule has 0 aromatic rings. The van der Waals surface area contributed by atoms with E-state index in [2.05, 4.69) is 13.5 Å². The molecular formula is C14H22O4. The third-order valence-electron chi connectivity index (χ3n) is 4.94. The van der Waals surface area contributed by atoms with Crippen molar-refractivity contribution >= 4 is 5.97 Å². The van der Waals surface area contributed by atoms with Gasteiger partial charge >= 0.3 is 5.97 Å². The van der Waals surface area contributed by atoms with Crippen molar-refractivity contribution in [3.05, 3.63) is 12.7 Å². The summed E-state index contributed by atoms with van der Waals surface area (Å²) in [5.41, 5.74) is 0.135. The Hall–Kier alpha value is -0.870. The van der Waals surface area contributed by atoms with E-state index in [-0.39, 0.29) is 23.5 Å². The maximum atomic E-state index is 10.1. The van der Waals surface area contributed by atoms with Crippen LogP contribution in [0.15, 0.2) is 12.7 Å². The molecule has 102 valence electrons. The van der Waals surface area contributed by atoms with Crippen LogP contribution in [-0.4, -0.2) is 33.5 Å². The van der Waals surface area contributed by atoms with Crippen LogP contribution in [0.2, 0.25) is 0 Å². The van der Waals surface area contributed by atoms with Gasteiger partial charge in [0.15, 0.2) is 0 Å². The molecule has 4 aliphatic rings. The van der Waals surface area contributed by atoms with E-state index in [9.17, 15) is 15.0 Å². The van der Waals surface area contributed by atoms with Gasteiger partial charge in [-0.1, -0.05) is 13.5 Å². The van der Waals surface area contributed by atoms with Crippen molar-refractivity contribution in [2.75, 3.05) is 0 Å². The summed E-state index contributed by atoms with van der Waals surface area (Å²) in [6, 6.07) is 0. The lowest BCUT2D eigenvalue weighted by Gasteiger charge is -2.60. The van der Waals surface area contributed by atoms with Crippen molar-refractivity contribution in [1.82, 2.24) is 0 Å². The zero-order chi connectivity index (χ0) is 13.5. The zero-order valence-corrected chi connectivity index (χ0v) is 10.7. The zero-order valence-electron chi connectivity index (χ0n) is 10.7. The lowest BCUT2D eigenvalue weighted by atomic mass is 9.48. The molecule has 0 aromatic carbocycles. The molecule has 4 aliphatic carbocycles. The van der Waals surface area contributed by atoms with Crippen molar-refractivity contribution in [3.8, 4) is 0 Å². The highest BCUT2D eigenvalue weighted by Crippen LogP contribution is 2.59. The standard InChI is InChI=1S/C11H18O2.C3H4O2/c1-11-4-6-2-7(5-11)9(12)8(3-6)10(11)13;1-2-3(4)5/h6-10,12-13H,2-5H2,1H3;2H,1H2,(H,4,5). The minimum atomic E-state index is -0.981. The fraction of sp³-hybridized carbons (Fsp3) is 0.786. The SMILES string of the molecule is C=CC(=O)O.CC12CC3CC(C1)C(O)C(C3)C2O. The highest BCUT2D eigenvalue weighted by Gasteiger charge is 2.58. The lowest BCUT2D eigenvalue weighted by molar-refractivity contribution is -0.200. The second-order valence-corrected chi connectivity index (χ2v) is 6.30. The Morgan fingerprint density at radius 3 is 2.50 bits per heavy atom. The summed E-state index contributed by atoms with van der Waals surface area (Å²) >= 11 is 0. The maximum Gasteiger partial charge on any atom is 0.327 e. The first-order valence-electron chi connectivity index (χ1n) is 6.59. The van der Waals surface area contributed by atoms with Crippen molar-refractivity contribution in [2.45, 2.75) is 44.8 Å². The van der Waals surface area contributed by atoms with Gasteiger partial charge in [-0.05, 0) is 42.9 Å². The molecule has 6 unspecified atom stereocenters. The Labute approximate surface area is 107 Å². The lowest BCUT2D eigenvalue weighted by Crippen LogP contribution is -2.60. The monoisotopic (exact) mass is 254 g/mol. The fourth-order valence-corrected chi connectivity index (χ4v) is 4.32. The minimum Gasteiger partial charge on any atom is -0.478 e. The number of carbonyl (C=O) groups is 1. The molecule has 6 atom stereocenters. The van der Waals surface area contributed by atoms with E-state index in [1.54, 1.807) is 0 Å². The Kier molecular flexibility index (Phi) is 3.52. The predicted octanol–water partition coefficient (Wildman–Crippen LogP) is 1.42. The smallest absolute Gasteiger partial charge is 0.327 e. The molecule has 4 bridgehead atoms. The number of aliphatic hydroxyl groups excluding tert-OH is 2. The molecule has 0 amide bonds. The molecule has 18 heavy (non-hydrogen) atoms. The summed E-state index contributed by atoms with van der Waals surface area (Å²) in [6.07, 6.45) is 4.89. The topological polar surface area (TPSA) is 77.8 Å². The molecule has 0 heterocycles. The Morgan fingerprint density at radius 2 is 1.94 bits per heavy atom. The molecule has 0 radical (unpaired) electrons. The Bertz CT molecular complexity index is 354. The van der Waals surface area contributed by atoms with E-state index in [0.717, 1.165) is 24.8 Å². The molecule has 4 nitrogen and oxygen atoms in total. The molecule has 0 saturated heterocycles. The summed E-state index contributed by atoms with van der Waals surface area (Å²) in [4.78, 5) is 9.25. The largest absolute Gasteiger partial charge is 0.478 e. The van der Waals surface area contributed by atoms with Gasteiger partial charge < -0.3 is 15.3 Å². The van der Waals surface area contributed by atoms with Crippen LogP contribution >= 0.6 is 0 Å². The molecule has 4 fully saturated rings. The number of rotatable bonds is 1. The van der Waals surface area contributed by atoms with Gasteiger partial charge in [0, 0.05) is 12.0 Å². The van der Waals surface area contributed by atoms with E-state index in [1.807, 2.05) is 0 Å². The van der Waals surface area contributed by atoms with Gasteiger partial charge in [0.05, 0.1) is 12.2 Å². The van der Waals surface area contributed by atoms with Gasteiger partial charge in [0.2, 0.25) is 0 Å². The third kappa shape index (κ3) is 2.19. The highest BCUT2D eigenvalue weighted by molar-refractivity contribution is 5.78. The van der Waals surface area contributed by atoms with Crippen molar-refractivity contribution in [2.24, 2.45) is 23.2 Å². The number of aliphatic carboxylic acids is 1. The molecule has 4 rings (SSSR count). The first kappa shape index (κ1) is 13.6. The second-order valence-electron chi connectivity index (χ2n) is 6.30. The third-order valence-corrected chi connectivity index (χ3v) is 4.94. The van der Waals surface area contributed by atoms with Crippen LogP contribution in [-0.2, 0) is 4.79 Å². The number of hydrogen-bond donors (Lipinski definition) is 3. The molecular weight excluding hydrogens is 232 g/mol. The summed E-state index contributed by atoms with van der Waals surface area (Å²) in [5.74, 6) is 0.493. The summed E-state index contributed by atoms with van der Waals surface area (Å²) in [7, 11) is 0. The van der Waals surface area contributed by atoms with Crippen LogP contribution in [0.4, 0.5) is 0 Å². The molecule has 0 spiro atoms. The normalized spacial score (nSPS) is 48.3. The van der Waals surface area contributed by atoms with Crippen LogP contribution in [0, 0.1) is 23.2 Å². The average molecular weight is 254 g/mol. The molecule has 4 heteroatoms. The summed E-state index contributed by atoms with van der Waals surface area (Å²) in [5, 5.41) is 27.7. The quantitative estimate of drug-likeness (QED) is 0.618. The van der Waals surface area contributed by atoms with Crippen molar-refractivity contribution in [1.29, 1.82) is 0 Å². The van der Waals surface area contributed by atoms with E-state index < -0.39 is 5.97 Å². The van der Waals surface area contributed by atoms with Gasteiger partial charge in [-0.15, -0.1) is 0 Å². The molecule has 0 aliphatic heterocycles. The van der Waals surface area contributed by atoms with Crippen LogP contribution in [0.5, 0.6) is 0 Å². The van der Waals surface area contributed by atoms with Gasteiger partial charge in [0.1, 0.15) is 0 Å². The first-order valence-corrected chi connectivity index (χ1v) is 6.59.